The molecule has 0 amide bonds. The minimum Gasteiger partial charge on any atom is -0.462 e. The average Bonchev–Trinajstić information content (AvgIpc) is 2.45. The first-order valence-electron chi connectivity index (χ1n) is 6.42. The molecule has 0 saturated heterocycles. The molecule has 1 aromatic rings. The summed E-state index contributed by atoms with van der Waals surface area (Å²) in [4.78, 5) is 14.5. The van der Waals surface area contributed by atoms with Gasteiger partial charge in [0, 0.05) is 0 Å². The third kappa shape index (κ3) is 5.60. The number of ether oxygens (including phenoxy) is 1. The zero-order valence-electron chi connectivity index (χ0n) is 12.2. The standard InChI is InChI=1S/C14H12F6N2O2/c1-2-24-12(23)8-3-5-9(6-4-8)22-11(14(18,19)20)7-10(21)13(15,16)17/h3-7H,2,21H2,1H3. The lowest BCUT2D eigenvalue weighted by Gasteiger charge is -2.10. The lowest BCUT2D eigenvalue weighted by Crippen LogP contribution is -2.26. The number of carbonyl (C=O) groups is 1. The minimum atomic E-state index is -5.14. The molecule has 0 radical (unpaired) electrons. The van der Waals surface area contributed by atoms with Crippen LogP contribution in [0.2, 0.25) is 0 Å². The van der Waals surface area contributed by atoms with Crippen LogP contribution in [0.25, 0.3) is 0 Å². The molecule has 132 valence electrons. The van der Waals surface area contributed by atoms with Crippen molar-refractivity contribution in [2.45, 2.75) is 19.3 Å². The molecule has 0 aliphatic rings. The number of hydrogen-bond acceptors (Lipinski definition) is 4. The second kappa shape index (κ2) is 7.37. The molecular weight excluding hydrogens is 342 g/mol. The van der Waals surface area contributed by atoms with Gasteiger partial charge in [-0.05, 0) is 37.3 Å². The third-order valence-corrected chi connectivity index (χ3v) is 2.54. The van der Waals surface area contributed by atoms with Crippen LogP contribution >= 0.6 is 0 Å². The number of allylic oxidation sites excluding steroid dienone is 2. The Morgan fingerprint density at radius 2 is 1.67 bits per heavy atom. The van der Waals surface area contributed by atoms with Gasteiger partial charge in [-0.15, -0.1) is 0 Å². The van der Waals surface area contributed by atoms with Crippen LogP contribution in [0, 0.1) is 0 Å². The zero-order valence-corrected chi connectivity index (χ0v) is 12.2. The van der Waals surface area contributed by atoms with Crippen LogP contribution in [0.3, 0.4) is 0 Å². The fraction of sp³-hybridized carbons (Fsp3) is 0.286. The molecule has 0 atom stereocenters. The van der Waals surface area contributed by atoms with Gasteiger partial charge in [-0.3, -0.25) is 0 Å². The molecule has 0 bridgehead atoms. The first kappa shape index (κ1) is 19.5. The molecule has 0 aliphatic heterocycles. The van der Waals surface area contributed by atoms with E-state index in [2.05, 4.69) is 15.5 Å². The maximum atomic E-state index is 12.8. The van der Waals surface area contributed by atoms with Gasteiger partial charge < -0.3 is 10.5 Å². The first-order chi connectivity index (χ1) is 10.9. The molecule has 0 saturated carbocycles. The molecule has 1 rings (SSSR count). The van der Waals surface area contributed by atoms with Crippen molar-refractivity contribution in [1.82, 2.24) is 0 Å². The van der Waals surface area contributed by atoms with Gasteiger partial charge in [-0.25, -0.2) is 9.79 Å². The van der Waals surface area contributed by atoms with Crippen molar-refractivity contribution in [2.24, 2.45) is 10.7 Å². The molecule has 0 fully saturated rings. The Labute approximate surface area is 132 Å². The predicted molar refractivity (Wildman–Crippen MR) is 73.9 cm³/mol. The molecule has 4 nitrogen and oxygen atoms in total. The van der Waals surface area contributed by atoms with Gasteiger partial charge >= 0.3 is 18.3 Å². The van der Waals surface area contributed by atoms with Crippen molar-refractivity contribution >= 4 is 17.4 Å². The third-order valence-electron chi connectivity index (χ3n) is 2.54. The van der Waals surface area contributed by atoms with Crippen LogP contribution in [0.15, 0.2) is 41.0 Å². The molecular formula is C14H12F6N2O2. The summed E-state index contributed by atoms with van der Waals surface area (Å²) in [5, 5.41) is 0. The van der Waals surface area contributed by atoms with E-state index in [-0.39, 0.29) is 23.9 Å². The van der Waals surface area contributed by atoms with Crippen LogP contribution in [-0.4, -0.2) is 30.6 Å². The number of benzene rings is 1. The molecule has 0 unspecified atom stereocenters. The monoisotopic (exact) mass is 354 g/mol. The Morgan fingerprint density at radius 3 is 2.08 bits per heavy atom. The zero-order chi connectivity index (χ0) is 18.5. The van der Waals surface area contributed by atoms with Crippen molar-refractivity contribution < 1.29 is 35.9 Å². The number of hydrogen-bond donors (Lipinski definition) is 1. The Hall–Kier alpha value is -2.52. The lowest BCUT2D eigenvalue weighted by atomic mass is 10.2. The molecule has 0 aliphatic carbocycles. The van der Waals surface area contributed by atoms with Crippen molar-refractivity contribution in [1.29, 1.82) is 0 Å². The molecule has 24 heavy (non-hydrogen) atoms. The quantitative estimate of drug-likeness (QED) is 0.507. The van der Waals surface area contributed by atoms with E-state index in [0.717, 1.165) is 24.3 Å². The number of nitrogens with two attached hydrogens (primary N) is 1. The van der Waals surface area contributed by atoms with Crippen molar-refractivity contribution in [3.63, 3.8) is 0 Å². The van der Waals surface area contributed by atoms with Crippen molar-refractivity contribution in [2.75, 3.05) is 6.61 Å². The van der Waals surface area contributed by atoms with E-state index in [9.17, 15) is 31.1 Å². The summed E-state index contributed by atoms with van der Waals surface area (Å²) < 4.78 is 79.9. The van der Waals surface area contributed by atoms with Gasteiger partial charge in [-0.2, -0.15) is 26.3 Å². The number of halogens is 6. The van der Waals surface area contributed by atoms with Gasteiger partial charge in [0.1, 0.15) is 11.4 Å². The van der Waals surface area contributed by atoms with E-state index in [0.29, 0.717) is 0 Å². The summed E-state index contributed by atoms with van der Waals surface area (Å²) in [6, 6.07) is 4.36. The molecule has 0 aromatic heterocycles. The van der Waals surface area contributed by atoms with Gasteiger partial charge in [0.05, 0.1) is 17.9 Å². The Bertz CT molecular complexity index is 645. The summed E-state index contributed by atoms with van der Waals surface area (Å²) in [5.74, 6) is -0.690. The maximum absolute atomic E-state index is 12.8. The minimum absolute atomic E-state index is 0.0645. The number of aliphatic imine (C=N–C) groups is 1. The Balaban J connectivity index is 3.19. The normalized spacial score (nSPS) is 13.8. The van der Waals surface area contributed by atoms with E-state index in [1.54, 1.807) is 6.92 Å². The maximum Gasteiger partial charge on any atom is 0.433 e. The molecule has 10 heteroatoms. The second-order valence-corrected chi connectivity index (χ2v) is 4.36. The topological polar surface area (TPSA) is 64.7 Å². The summed E-state index contributed by atoms with van der Waals surface area (Å²) in [6.45, 7) is 1.68. The van der Waals surface area contributed by atoms with E-state index < -0.39 is 29.7 Å². The summed E-state index contributed by atoms with van der Waals surface area (Å²) in [7, 11) is 0. The number of esters is 1. The largest absolute Gasteiger partial charge is 0.462 e. The number of carbonyl (C=O) groups excluding carboxylic acids is 1. The van der Waals surface area contributed by atoms with E-state index >= 15 is 0 Å². The SMILES string of the molecule is CCOC(=O)c1ccc(N=C(C=C(N)C(F)(F)F)C(F)(F)F)cc1. The van der Waals surface area contributed by atoms with Gasteiger partial charge in [-0.1, -0.05) is 0 Å². The van der Waals surface area contributed by atoms with E-state index in [1.165, 1.54) is 0 Å². The van der Waals surface area contributed by atoms with Crippen LogP contribution in [-0.2, 0) is 4.74 Å². The lowest BCUT2D eigenvalue weighted by molar-refractivity contribution is -0.0928. The van der Waals surface area contributed by atoms with Crippen LogP contribution in [0.4, 0.5) is 32.0 Å². The van der Waals surface area contributed by atoms with Crippen molar-refractivity contribution in [3.8, 4) is 0 Å². The number of rotatable bonds is 4. The smallest absolute Gasteiger partial charge is 0.433 e. The highest BCUT2D eigenvalue weighted by Gasteiger charge is 2.38. The molecule has 0 spiro atoms. The first-order valence-corrected chi connectivity index (χ1v) is 6.42. The van der Waals surface area contributed by atoms with Crippen molar-refractivity contribution in [3.05, 3.63) is 41.6 Å². The number of nitrogens with zero attached hydrogens (tertiary/aromatic N) is 1. The molecule has 2 N–H and O–H groups in total. The highest BCUT2D eigenvalue weighted by molar-refractivity contribution is 6.01. The summed E-state index contributed by atoms with van der Waals surface area (Å²) in [6.07, 6.45) is -10.5. The fourth-order valence-corrected chi connectivity index (χ4v) is 1.43. The van der Waals surface area contributed by atoms with Gasteiger partial charge in [0.2, 0.25) is 0 Å². The van der Waals surface area contributed by atoms with Gasteiger partial charge in [0.15, 0.2) is 0 Å². The Morgan fingerprint density at radius 1 is 1.12 bits per heavy atom. The second-order valence-electron chi connectivity index (χ2n) is 4.36. The predicted octanol–water partition coefficient (Wildman–Crippen LogP) is 3.90. The fourth-order valence-electron chi connectivity index (χ4n) is 1.43. The van der Waals surface area contributed by atoms with Gasteiger partial charge in [0.25, 0.3) is 0 Å². The average molecular weight is 354 g/mol. The van der Waals surface area contributed by atoms with Crippen LogP contribution < -0.4 is 5.73 Å². The Kier molecular flexibility index (Phi) is 5.99. The molecule has 1 aromatic carbocycles. The van der Waals surface area contributed by atoms with E-state index in [4.69, 9.17) is 0 Å². The highest BCUT2D eigenvalue weighted by atomic mass is 19.4. The van der Waals surface area contributed by atoms with Crippen LogP contribution in [0.1, 0.15) is 17.3 Å². The highest BCUT2D eigenvalue weighted by Crippen LogP contribution is 2.27. The summed E-state index contributed by atoms with van der Waals surface area (Å²) >= 11 is 0. The summed E-state index contributed by atoms with van der Waals surface area (Å²) in [5.41, 5.74) is 0.606. The molecule has 0 heterocycles. The van der Waals surface area contributed by atoms with Crippen LogP contribution in [0.5, 0.6) is 0 Å². The number of alkyl halides is 6. The van der Waals surface area contributed by atoms with E-state index in [1.807, 2.05) is 0 Å².